The maximum atomic E-state index is 12.7. The van der Waals surface area contributed by atoms with Crippen molar-refractivity contribution in [1.29, 1.82) is 0 Å². The number of anilines is 2. The van der Waals surface area contributed by atoms with Crippen molar-refractivity contribution in [2.24, 2.45) is 12.5 Å². The maximum absolute atomic E-state index is 12.7. The molecule has 0 unspecified atom stereocenters. The molecule has 3 aromatic heterocycles. The molecule has 0 saturated heterocycles. The van der Waals surface area contributed by atoms with E-state index in [9.17, 15) is 4.79 Å². The van der Waals surface area contributed by atoms with Gasteiger partial charge in [0, 0.05) is 25.5 Å². The van der Waals surface area contributed by atoms with Gasteiger partial charge in [-0.3, -0.25) is 9.78 Å². The molecule has 3 aromatic rings. The molecule has 0 bridgehead atoms. The minimum atomic E-state index is -0.165. The number of imidazole rings is 1. The van der Waals surface area contributed by atoms with Crippen molar-refractivity contribution in [2.45, 2.75) is 45.6 Å². The fourth-order valence-corrected chi connectivity index (χ4v) is 4.23. The number of halogens is 2. The Kier molecular flexibility index (Phi) is 5.59. The van der Waals surface area contributed by atoms with Crippen LogP contribution in [0.15, 0.2) is 24.7 Å². The lowest BCUT2D eigenvalue weighted by atomic mass is 9.75. The monoisotopic (exact) mass is 446 g/mol. The van der Waals surface area contributed by atoms with E-state index in [0.29, 0.717) is 38.3 Å². The molecular formula is C21H24Cl2N6O. The number of hydrogen-bond donors (Lipinski definition) is 2. The lowest BCUT2D eigenvalue weighted by Gasteiger charge is -2.34. The molecule has 1 amide bonds. The zero-order chi connectivity index (χ0) is 21.5. The van der Waals surface area contributed by atoms with E-state index in [1.807, 2.05) is 11.6 Å². The Bertz CT molecular complexity index is 1080. The first-order chi connectivity index (χ1) is 14.2. The van der Waals surface area contributed by atoms with E-state index in [0.717, 1.165) is 31.2 Å². The van der Waals surface area contributed by atoms with Crippen LogP contribution < -0.4 is 10.6 Å². The summed E-state index contributed by atoms with van der Waals surface area (Å²) >= 11 is 12.4. The van der Waals surface area contributed by atoms with Gasteiger partial charge in [0.05, 0.1) is 33.0 Å². The van der Waals surface area contributed by atoms with E-state index in [1.54, 1.807) is 12.3 Å². The summed E-state index contributed by atoms with van der Waals surface area (Å²) in [5.74, 6) is 0.371. The van der Waals surface area contributed by atoms with Crippen LogP contribution in [-0.2, 0) is 7.05 Å². The van der Waals surface area contributed by atoms with Gasteiger partial charge in [-0.05, 0) is 37.2 Å². The van der Waals surface area contributed by atoms with Crippen LogP contribution in [0.25, 0.3) is 11.0 Å². The minimum Gasteiger partial charge on any atom is -0.348 e. The summed E-state index contributed by atoms with van der Waals surface area (Å²) in [6.45, 7) is 4.55. The lowest BCUT2D eigenvalue weighted by molar-refractivity contribution is 0.0904. The van der Waals surface area contributed by atoms with Gasteiger partial charge in [-0.2, -0.15) is 0 Å². The molecule has 30 heavy (non-hydrogen) atoms. The number of carbonyl (C=O) groups is 1. The number of aromatic nitrogens is 4. The van der Waals surface area contributed by atoms with E-state index in [2.05, 4.69) is 39.4 Å². The number of nitrogens with zero attached hydrogens (tertiary/aromatic N) is 4. The van der Waals surface area contributed by atoms with Gasteiger partial charge >= 0.3 is 0 Å². The van der Waals surface area contributed by atoms with Gasteiger partial charge in [0.25, 0.3) is 5.91 Å². The molecule has 3 heterocycles. The molecule has 2 N–H and O–H groups in total. The zero-order valence-corrected chi connectivity index (χ0v) is 18.7. The van der Waals surface area contributed by atoms with Gasteiger partial charge in [0.1, 0.15) is 5.69 Å². The van der Waals surface area contributed by atoms with Crippen LogP contribution in [-0.4, -0.2) is 31.5 Å². The predicted molar refractivity (Wildman–Crippen MR) is 120 cm³/mol. The van der Waals surface area contributed by atoms with Crippen LogP contribution in [0.4, 0.5) is 11.6 Å². The molecule has 4 rings (SSSR count). The normalized spacial score (nSPS) is 16.6. The fourth-order valence-electron chi connectivity index (χ4n) is 3.77. The van der Waals surface area contributed by atoms with Crippen molar-refractivity contribution in [3.63, 3.8) is 0 Å². The van der Waals surface area contributed by atoms with Crippen molar-refractivity contribution < 1.29 is 4.79 Å². The van der Waals surface area contributed by atoms with Crippen molar-refractivity contribution in [3.8, 4) is 0 Å². The van der Waals surface area contributed by atoms with Gasteiger partial charge in [0.2, 0.25) is 5.95 Å². The summed E-state index contributed by atoms with van der Waals surface area (Å²) in [6.07, 6.45) is 8.88. The molecule has 1 aliphatic rings. The summed E-state index contributed by atoms with van der Waals surface area (Å²) in [7, 11) is 1.85. The van der Waals surface area contributed by atoms with Crippen LogP contribution in [0, 0.1) is 5.41 Å². The number of hydrogen-bond acceptors (Lipinski definition) is 5. The Morgan fingerprint density at radius 3 is 2.50 bits per heavy atom. The highest BCUT2D eigenvalue weighted by molar-refractivity contribution is 6.39. The first kappa shape index (κ1) is 20.9. The minimum absolute atomic E-state index is 0.165. The molecular weight excluding hydrogens is 423 g/mol. The molecule has 1 fully saturated rings. The highest BCUT2D eigenvalue weighted by Crippen LogP contribution is 2.35. The summed E-state index contributed by atoms with van der Waals surface area (Å²) < 4.78 is 1.83. The Hall–Kier alpha value is -2.38. The molecule has 1 saturated carbocycles. The van der Waals surface area contributed by atoms with Crippen molar-refractivity contribution in [1.82, 2.24) is 24.8 Å². The third-order valence-corrected chi connectivity index (χ3v) is 6.34. The average Bonchev–Trinajstić information content (AvgIpc) is 3.01. The topological polar surface area (TPSA) is 84.7 Å². The molecule has 0 aromatic carbocycles. The van der Waals surface area contributed by atoms with E-state index in [1.165, 1.54) is 12.4 Å². The molecule has 0 spiro atoms. The van der Waals surface area contributed by atoms with E-state index in [4.69, 9.17) is 23.2 Å². The lowest BCUT2D eigenvalue weighted by Crippen LogP contribution is -2.39. The maximum Gasteiger partial charge on any atom is 0.270 e. The van der Waals surface area contributed by atoms with Crippen LogP contribution >= 0.6 is 23.2 Å². The van der Waals surface area contributed by atoms with Crippen LogP contribution in [0.1, 0.15) is 50.0 Å². The fraction of sp³-hybridized carbons (Fsp3) is 0.429. The molecule has 1 aliphatic carbocycles. The van der Waals surface area contributed by atoms with Crippen molar-refractivity contribution in [2.75, 3.05) is 5.32 Å². The second kappa shape index (κ2) is 8.04. The summed E-state index contributed by atoms with van der Waals surface area (Å²) in [6, 6.07) is 1.90. The number of amides is 1. The van der Waals surface area contributed by atoms with Gasteiger partial charge in [-0.15, -0.1) is 0 Å². The average molecular weight is 447 g/mol. The number of nitrogens with one attached hydrogen (secondary N) is 2. The molecule has 0 radical (unpaired) electrons. The van der Waals surface area contributed by atoms with Gasteiger partial charge in [0.15, 0.2) is 0 Å². The van der Waals surface area contributed by atoms with E-state index in [-0.39, 0.29) is 11.9 Å². The summed E-state index contributed by atoms with van der Waals surface area (Å²) in [4.78, 5) is 25.6. The van der Waals surface area contributed by atoms with E-state index < -0.39 is 0 Å². The second-order valence-electron chi connectivity index (χ2n) is 8.57. The van der Waals surface area contributed by atoms with Crippen LogP contribution in [0.3, 0.4) is 0 Å². The van der Waals surface area contributed by atoms with E-state index >= 15 is 0 Å². The SMILES string of the molecule is Cn1c(Nc2c(Cl)cncc2Cl)nc2cc(C(=O)NC3CCC(C)(C)CC3)ncc21. The zero-order valence-electron chi connectivity index (χ0n) is 17.2. The highest BCUT2D eigenvalue weighted by atomic mass is 35.5. The Morgan fingerprint density at radius 1 is 1.17 bits per heavy atom. The third-order valence-electron chi connectivity index (χ3n) is 5.76. The van der Waals surface area contributed by atoms with Crippen molar-refractivity contribution in [3.05, 3.63) is 40.4 Å². The smallest absolute Gasteiger partial charge is 0.270 e. The third kappa shape index (κ3) is 4.23. The highest BCUT2D eigenvalue weighted by Gasteiger charge is 2.28. The second-order valence-corrected chi connectivity index (χ2v) is 9.38. The first-order valence-electron chi connectivity index (χ1n) is 9.93. The number of pyridine rings is 2. The quantitative estimate of drug-likeness (QED) is 0.581. The number of fused-ring (bicyclic) bond motifs is 1. The van der Waals surface area contributed by atoms with Crippen LogP contribution in [0.5, 0.6) is 0 Å². The number of rotatable bonds is 4. The molecule has 7 nitrogen and oxygen atoms in total. The molecule has 0 atom stereocenters. The number of carbonyl (C=O) groups excluding carboxylic acids is 1. The standard InChI is InChI=1S/C21H24Cl2N6O/c1-21(2)6-4-12(5-7-21)26-19(30)16-8-15-17(11-25-16)29(3)20(27-15)28-18-13(22)9-24-10-14(18)23/h8-12H,4-7H2,1-3H3,(H,26,30)(H,24,27,28). The molecule has 9 heteroatoms. The summed E-state index contributed by atoms with van der Waals surface area (Å²) in [5, 5.41) is 7.04. The van der Waals surface area contributed by atoms with Gasteiger partial charge in [-0.25, -0.2) is 9.97 Å². The Balaban J connectivity index is 1.54. The van der Waals surface area contributed by atoms with Crippen LogP contribution in [0.2, 0.25) is 10.0 Å². The molecule has 0 aliphatic heterocycles. The Labute approximate surface area is 185 Å². The predicted octanol–water partition coefficient (Wildman–Crippen LogP) is 5.11. The first-order valence-corrected chi connectivity index (χ1v) is 10.7. The largest absolute Gasteiger partial charge is 0.348 e. The Morgan fingerprint density at radius 2 is 1.83 bits per heavy atom. The van der Waals surface area contributed by atoms with Gasteiger partial charge < -0.3 is 15.2 Å². The van der Waals surface area contributed by atoms with Gasteiger partial charge in [-0.1, -0.05) is 37.0 Å². The summed E-state index contributed by atoms with van der Waals surface area (Å²) in [5.41, 5.74) is 2.69. The van der Waals surface area contributed by atoms with Crippen molar-refractivity contribution >= 4 is 51.8 Å². The number of aryl methyl sites for hydroxylation is 1. The molecule has 158 valence electrons.